The molecule has 150 valence electrons. The van der Waals surface area contributed by atoms with E-state index in [0.717, 1.165) is 6.42 Å². The van der Waals surface area contributed by atoms with Crippen LogP contribution in [-0.2, 0) is 16.4 Å². The van der Waals surface area contributed by atoms with Gasteiger partial charge in [-0.05, 0) is 54.5 Å². The Morgan fingerprint density at radius 1 is 0.931 bits per heavy atom. The van der Waals surface area contributed by atoms with Gasteiger partial charge in [-0.1, -0.05) is 60.1 Å². The Balaban J connectivity index is 1.61. The molecule has 0 aliphatic carbocycles. The van der Waals surface area contributed by atoms with E-state index in [9.17, 15) is 8.42 Å². The zero-order valence-electron chi connectivity index (χ0n) is 15.4. The van der Waals surface area contributed by atoms with Gasteiger partial charge in [-0.25, -0.2) is 8.42 Å². The van der Waals surface area contributed by atoms with Crippen molar-refractivity contribution in [2.24, 2.45) is 0 Å². The fourth-order valence-corrected chi connectivity index (χ4v) is 4.21. The lowest BCUT2D eigenvalue weighted by atomic mass is 10.1. The van der Waals surface area contributed by atoms with Crippen molar-refractivity contribution in [3.05, 3.63) is 89.4 Å². The minimum atomic E-state index is -3.79. The molecule has 3 rings (SSSR count). The molecule has 0 fully saturated rings. The molecular weight excluding hydrogens is 426 g/mol. The number of nitrogens with one attached hydrogen (secondary N) is 3. The van der Waals surface area contributed by atoms with E-state index in [0.29, 0.717) is 28.1 Å². The molecule has 5 nitrogen and oxygen atoms in total. The van der Waals surface area contributed by atoms with Crippen LogP contribution in [-0.4, -0.2) is 20.1 Å². The molecule has 0 unspecified atom stereocenters. The highest BCUT2D eigenvalue weighted by atomic mass is 35.5. The van der Waals surface area contributed by atoms with Crippen molar-refractivity contribution in [2.45, 2.75) is 11.3 Å². The zero-order chi connectivity index (χ0) is 20.7. The summed E-state index contributed by atoms with van der Waals surface area (Å²) < 4.78 is 27.8. The lowest BCUT2D eigenvalue weighted by molar-refractivity contribution is 0.601. The molecule has 0 aliphatic rings. The SMILES string of the molecule is O=S(=O)(Nc1ccccc1Cl)c1cccc(NC(=S)NCCc2ccccc2)c1. The molecule has 0 aliphatic heterocycles. The van der Waals surface area contributed by atoms with E-state index in [1.54, 1.807) is 36.4 Å². The summed E-state index contributed by atoms with van der Waals surface area (Å²) in [6.45, 7) is 0.669. The molecule has 0 amide bonds. The summed E-state index contributed by atoms with van der Waals surface area (Å²) in [5.41, 5.74) is 2.11. The average molecular weight is 446 g/mol. The maximum Gasteiger partial charge on any atom is 0.262 e. The maximum atomic E-state index is 12.7. The highest BCUT2D eigenvalue weighted by Crippen LogP contribution is 2.25. The fourth-order valence-electron chi connectivity index (χ4n) is 2.63. The van der Waals surface area contributed by atoms with Crippen LogP contribution in [0.1, 0.15) is 5.56 Å². The number of benzene rings is 3. The van der Waals surface area contributed by atoms with Crippen LogP contribution in [0.15, 0.2) is 83.8 Å². The number of para-hydroxylation sites is 1. The number of hydrogen-bond acceptors (Lipinski definition) is 3. The second-order valence-corrected chi connectivity index (χ2v) is 8.73. The van der Waals surface area contributed by atoms with E-state index in [1.807, 2.05) is 18.2 Å². The van der Waals surface area contributed by atoms with Crippen molar-refractivity contribution < 1.29 is 8.42 Å². The third kappa shape index (κ3) is 6.19. The van der Waals surface area contributed by atoms with Crippen LogP contribution in [0, 0.1) is 0 Å². The van der Waals surface area contributed by atoms with Crippen molar-refractivity contribution in [2.75, 3.05) is 16.6 Å². The number of halogens is 1. The van der Waals surface area contributed by atoms with Crippen molar-refractivity contribution >= 4 is 50.3 Å². The predicted octanol–water partition coefficient (Wildman–Crippen LogP) is 4.67. The summed E-state index contributed by atoms with van der Waals surface area (Å²) in [4.78, 5) is 0.106. The van der Waals surface area contributed by atoms with Crippen LogP contribution in [0.4, 0.5) is 11.4 Å². The fraction of sp³-hybridized carbons (Fsp3) is 0.0952. The van der Waals surface area contributed by atoms with Gasteiger partial charge < -0.3 is 10.6 Å². The molecule has 3 aromatic carbocycles. The molecule has 0 aromatic heterocycles. The number of anilines is 2. The summed E-state index contributed by atoms with van der Waals surface area (Å²) in [6.07, 6.45) is 0.832. The lowest BCUT2D eigenvalue weighted by Gasteiger charge is -2.13. The molecule has 3 N–H and O–H groups in total. The second-order valence-electron chi connectivity index (χ2n) is 6.23. The zero-order valence-corrected chi connectivity index (χ0v) is 17.8. The first-order chi connectivity index (χ1) is 13.9. The molecular formula is C21H20ClN3O2S2. The molecule has 0 spiro atoms. The quantitative estimate of drug-likeness (QED) is 0.461. The normalized spacial score (nSPS) is 10.9. The van der Waals surface area contributed by atoms with Gasteiger partial charge in [0.15, 0.2) is 5.11 Å². The van der Waals surface area contributed by atoms with Gasteiger partial charge in [-0.15, -0.1) is 0 Å². The molecule has 29 heavy (non-hydrogen) atoms. The molecule has 0 saturated heterocycles. The summed E-state index contributed by atoms with van der Waals surface area (Å²) in [5, 5.41) is 6.89. The molecule has 0 heterocycles. The van der Waals surface area contributed by atoms with Gasteiger partial charge in [0, 0.05) is 12.2 Å². The largest absolute Gasteiger partial charge is 0.362 e. The Bertz CT molecular complexity index is 1090. The van der Waals surface area contributed by atoms with Crippen molar-refractivity contribution in [1.82, 2.24) is 5.32 Å². The molecule has 0 radical (unpaired) electrons. The lowest BCUT2D eigenvalue weighted by Crippen LogP contribution is -2.30. The van der Waals surface area contributed by atoms with E-state index in [4.69, 9.17) is 23.8 Å². The van der Waals surface area contributed by atoms with E-state index < -0.39 is 10.0 Å². The Labute approximate surface area is 181 Å². The highest BCUT2D eigenvalue weighted by Gasteiger charge is 2.16. The second kappa shape index (κ2) is 9.73. The molecule has 0 saturated carbocycles. The Hall–Kier alpha value is -2.61. The van der Waals surface area contributed by atoms with Gasteiger partial charge in [0.05, 0.1) is 15.6 Å². The minimum Gasteiger partial charge on any atom is -0.362 e. The third-order valence-corrected chi connectivity index (χ3v) is 6.00. The van der Waals surface area contributed by atoms with E-state index in [1.165, 1.54) is 17.7 Å². The first-order valence-corrected chi connectivity index (χ1v) is 11.2. The van der Waals surface area contributed by atoms with Gasteiger partial charge >= 0.3 is 0 Å². The summed E-state index contributed by atoms with van der Waals surface area (Å²) in [6, 6.07) is 23.2. The molecule has 3 aromatic rings. The number of sulfonamides is 1. The first-order valence-electron chi connectivity index (χ1n) is 8.90. The van der Waals surface area contributed by atoms with E-state index in [2.05, 4.69) is 27.5 Å². The topological polar surface area (TPSA) is 70.2 Å². The van der Waals surface area contributed by atoms with Gasteiger partial charge in [-0.2, -0.15) is 0 Å². The smallest absolute Gasteiger partial charge is 0.262 e. The van der Waals surface area contributed by atoms with Crippen LogP contribution < -0.4 is 15.4 Å². The molecule has 0 bridgehead atoms. The summed E-state index contributed by atoms with van der Waals surface area (Å²) >= 11 is 11.4. The van der Waals surface area contributed by atoms with Crippen LogP contribution in [0.3, 0.4) is 0 Å². The van der Waals surface area contributed by atoms with Crippen LogP contribution in [0.25, 0.3) is 0 Å². The van der Waals surface area contributed by atoms with Gasteiger partial charge in [-0.3, -0.25) is 4.72 Å². The molecule has 8 heteroatoms. The van der Waals surface area contributed by atoms with Gasteiger partial charge in [0.1, 0.15) is 0 Å². The first kappa shape index (κ1) is 21.1. The predicted molar refractivity (Wildman–Crippen MR) is 123 cm³/mol. The Morgan fingerprint density at radius 3 is 2.41 bits per heavy atom. The third-order valence-electron chi connectivity index (χ3n) is 4.06. The monoisotopic (exact) mass is 445 g/mol. The highest BCUT2D eigenvalue weighted by molar-refractivity contribution is 7.92. The van der Waals surface area contributed by atoms with Crippen LogP contribution in [0.2, 0.25) is 5.02 Å². The van der Waals surface area contributed by atoms with Crippen molar-refractivity contribution in [3.8, 4) is 0 Å². The standard InChI is InChI=1S/C21H20ClN3O2S2/c22-19-11-4-5-12-20(19)25-29(26,27)18-10-6-9-17(15-18)24-21(28)23-14-13-16-7-2-1-3-8-16/h1-12,15,25H,13-14H2,(H2,23,24,28). The molecule has 0 atom stereocenters. The Kier molecular flexibility index (Phi) is 7.09. The average Bonchev–Trinajstić information content (AvgIpc) is 2.71. The van der Waals surface area contributed by atoms with Gasteiger partial charge in [0.25, 0.3) is 10.0 Å². The number of thiocarbonyl (C=S) groups is 1. The summed E-state index contributed by atoms with van der Waals surface area (Å²) in [7, 11) is -3.79. The van der Waals surface area contributed by atoms with Crippen molar-refractivity contribution in [1.29, 1.82) is 0 Å². The number of hydrogen-bond donors (Lipinski definition) is 3. The van der Waals surface area contributed by atoms with Gasteiger partial charge in [0.2, 0.25) is 0 Å². The maximum absolute atomic E-state index is 12.7. The van der Waals surface area contributed by atoms with Crippen molar-refractivity contribution in [3.63, 3.8) is 0 Å². The minimum absolute atomic E-state index is 0.106. The van der Waals surface area contributed by atoms with E-state index >= 15 is 0 Å². The Morgan fingerprint density at radius 2 is 1.66 bits per heavy atom. The van der Waals surface area contributed by atoms with E-state index in [-0.39, 0.29) is 4.90 Å². The number of rotatable bonds is 7. The van der Waals surface area contributed by atoms with Crippen LogP contribution in [0.5, 0.6) is 0 Å². The van der Waals surface area contributed by atoms with Crippen LogP contribution >= 0.6 is 23.8 Å². The summed E-state index contributed by atoms with van der Waals surface area (Å²) in [5.74, 6) is 0.